The summed E-state index contributed by atoms with van der Waals surface area (Å²) in [5.41, 5.74) is 2.91. The normalized spacial score (nSPS) is 10.0. The van der Waals surface area contributed by atoms with Gasteiger partial charge in [0.25, 0.3) is 5.88 Å². The molecule has 0 fully saturated rings. The van der Waals surface area contributed by atoms with Gasteiger partial charge in [0.15, 0.2) is 0 Å². The Morgan fingerprint density at radius 1 is 1.21 bits per heavy atom. The predicted octanol–water partition coefficient (Wildman–Crippen LogP) is 3.20. The zero-order valence-electron chi connectivity index (χ0n) is 10.6. The quantitative estimate of drug-likeness (QED) is 0.862. The van der Waals surface area contributed by atoms with Crippen molar-refractivity contribution in [3.63, 3.8) is 0 Å². The number of benzene rings is 1. The summed E-state index contributed by atoms with van der Waals surface area (Å²) in [5.74, 6) is 0.264. The van der Waals surface area contributed by atoms with E-state index in [1.54, 1.807) is 12.1 Å². The van der Waals surface area contributed by atoms with Gasteiger partial charge in [-0.05, 0) is 37.1 Å². The fraction of sp³-hybridized carbons (Fsp3) is 0.214. The highest BCUT2D eigenvalue weighted by molar-refractivity contribution is 6.30. The molecule has 0 aliphatic heterocycles. The first-order valence-electron chi connectivity index (χ1n) is 5.73. The van der Waals surface area contributed by atoms with Crippen LogP contribution in [0.2, 0.25) is 5.02 Å². The Balaban J connectivity index is 2.18. The maximum atomic E-state index is 9.14. The Hall–Kier alpha value is -2.12. The minimum absolute atomic E-state index is 0.264. The maximum absolute atomic E-state index is 9.14. The average Bonchev–Trinajstić information content (AvgIpc) is 2.42. The molecule has 19 heavy (non-hydrogen) atoms. The van der Waals surface area contributed by atoms with Crippen molar-refractivity contribution in [2.75, 3.05) is 0 Å². The van der Waals surface area contributed by atoms with E-state index in [0.29, 0.717) is 17.2 Å². The van der Waals surface area contributed by atoms with Crippen molar-refractivity contribution >= 4 is 11.6 Å². The zero-order chi connectivity index (χ0) is 13.8. The monoisotopic (exact) mass is 273 g/mol. The second-order valence-corrected chi connectivity index (χ2v) is 4.55. The lowest BCUT2D eigenvalue weighted by atomic mass is 10.1. The number of aryl methyl sites for hydroxylation is 1. The summed E-state index contributed by atoms with van der Waals surface area (Å²) >= 11 is 5.81. The first kappa shape index (κ1) is 13.3. The topological polar surface area (TPSA) is 58.8 Å². The van der Waals surface area contributed by atoms with Crippen LogP contribution in [0.3, 0.4) is 0 Å². The standard InChI is InChI=1S/C14H12ClN3O/c1-9-10(2)17-18-14(13(9)7-16)19-8-11-3-5-12(15)6-4-11/h3-6H,8H2,1-2H3. The van der Waals surface area contributed by atoms with E-state index >= 15 is 0 Å². The molecule has 1 heterocycles. The lowest BCUT2D eigenvalue weighted by molar-refractivity contribution is 0.288. The second kappa shape index (κ2) is 5.68. The highest BCUT2D eigenvalue weighted by Gasteiger charge is 2.11. The van der Waals surface area contributed by atoms with Crippen LogP contribution < -0.4 is 4.74 Å². The van der Waals surface area contributed by atoms with Gasteiger partial charge >= 0.3 is 0 Å². The third-order valence-electron chi connectivity index (χ3n) is 2.82. The van der Waals surface area contributed by atoms with E-state index < -0.39 is 0 Å². The van der Waals surface area contributed by atoms with E-state index in [4.69, 9.17) is 21.6 Å². The van der Waals surface area contributed by atoms with E-state index in [0.717, 1.165) is 16.8 Å². The Morgan fingerprint density at radius 2 is 1.89 bits per heavy atom. The highest BCUT2D eigenvalue weighted by Crippen LogP contribution is 2.20. The van der Waals surface area contributed by atoms with Gasteiger partial charge in [-0.2, -0.15) is 10.4 Å². The molecule has 4 nitrogen and oxygen atoms in total. The zero-order valence-corrected chi connectivity index (χ0v) is 11.4. The van der Waals surface area contributed by atoms with Crippen LogP contribution in [0.15, 0.2) is 24.3 Å². The van der Waals surface area contributed by atoms with Crippen LogP contribution >= 0.6 is 11.6 Å². The molecule has 5 heteroatoms. The summed E-state index contributed by atoms with van der Waals surface area (Å²) in [4.78, 5) is 0. The number of nitrogens with zero attached hydrogens (tertiary/aromatic N) is 3. The van der Waals surface area contributed by atoms with Crippen molar-refractivity contribution < 1.29 is 4.74 Å². The van der Waals surface area contributed by atoms with Gasteiger partial charge in [0.2, 0.25) is 0 Å². The number of rotatable bonds is 3. The van der Waals surface area contributed by atoms with Crippen LogP contribution in [-0.4, -0.2) is 10.2 Å². The molecule has 0 bridgehead atoms. The van der Waals surface area contributed by atoms with Crippen molar-refractivity contribution in [2.45, 2.75) is 20.5 Å². The van der Waals surface area contributed by atoms with Gasteiger partial charge in [-0.25, -0.2) is 0 Å². The van der Waals surface area contributed by atoms with Gasteiger partial charge in [-0.3, -0.25) is 0 Å². The molecular weight excluding hydrogens is 262 g/mol. The fourth-order valence-electron chi connectivity index (χ4n) is 1.55. The summed E-state index contributed by atoms with van der Waals surface area (Å²) in [6.45, 7) is 3.97. The molecule has 0 spiro atoms. The van der Waals surface area contributed by atoms with Gasteiger partial charge in [-0.1, -0.05) is 23.7 Å². The van der Waals surface area contributed by atoms with Crippen LogP contribution in [-0.2, 0) is 6.61 Å². The third kappa shape index (κ3) is 3.01. The Morgan fingerprint density at radius 3 is 2.53 bits per heavy atom. The summed E-state index contributed by atoms with van der Waals surface area (Å²) in [6, 6.07) is 9.41. The molecular formula is C14H12ClN3O. The number of hydrogen-bond donors (Lipinski definition) is 0. The predicted molar refractivity (Wildman–Crippen MR) is 72.0 cm³/mol. The van der Waals surface area contributed by atoms with Crippen molar-refractivity contribution in [1.82, 2.24) is 10.2 Å². The fourth-order valence-corrected chi connectivity index (χ4v) is 1.68. The van der Waals surface area contributed by atoms with E-state index in [9.17, 15) is 0 Å². The molecule has 96 valence electrons. The molecule has 1 aromatic heterocycles. The molecule has 2 rings (SSSR count). The minimum Gasteiger partial charge on any atom is -0.471 e. The van der Waals surface area contributed by atoms with Crippen molar-refractivity contribution in [1.29, 1.82) is 5.26 Å². The van der Waals surface area contributed by atoms with Crippen molar-refractivity contribution in [3.8, 4) is 11.9 Å². The molecule has 0 N–H and O–H groups in total. The van der Waals surface area contributed by atoms with E-state index in [-0.39, 0.29) is 5.88 Å². The number of ether oxygens (including phenoxy) is 1. The Bertz CT molecular complexity index is 632. The SMILES string of the molecule is Cc1nnc(OCc2ccc(Cl)cc2)c(C#N)c1C. The maximum Gasteiger partial charge on any atom is 0.252 e. The van der Waals surface area contributed by atoms with Crippen LogP contribution in [0.1, 0.15) is 22.4 Å². The molecule has 0 radical (unpaired) electrons. The van der Waals surface area contributed by atoms with E-state index in [2.05, 4.69) is 16.3 Å². The average molecular weight is 274 g/mol. The van der Waals surface area contributed by atoms with Crippen LogP contribution in [0.4, 0.5) is 0 Å². The number of halogens is 1. The smallest absolute Gasteiger partial charge is 0.252 e. The number of hydrogen-bond acceptors (Lipinski definition) is 4. The Labute approximate surface area is 116 Å². The summed E-state index contributed by atoms with van der Waals surface area (Å²) in [6.07, 6.45) is 0. The number of nitriles is 1. The molecule has 0 atom stereocenters. The molecule has 0 aliphatic rings. The lowest BCUT2D eigenvalue weighted by Crippen LogP contribution is -2.04. The summed E-state index contributed by atoms with van der Waals surface area (Å²) < 4.78 is 5.55. The van der Waals surface area contributed by atoms with Gasteiger partial charge in [0, 0.05) is 5.02 Å². The minimum atomic E-state index is 0.264. The molecule has 0 saturated carbocycles. The van der Waals surface area contributed by atoms with Crippen molar-refractivity contribution in [3.05, 3.63) is 51.7 Å². The number of aromatic nitrogens is 2. The molecule has 2 aromatic rings. The first-order chi connectivity index (χ1) is 9.11. The molecule has 1 aromatic carbocycles. The first-order valence-corrected chi connectivity index (χ1v) is 6.11. The summed E-state index contributed by atoms with van der Waals surface area (Å²) in [5, 5.41) is 17.7. The third-order valence-corrected chi connectivity index (χ3v) is 3.07. The van der Waals surface area contributed by atoms with Gasteiger partial charge in [-0.15, -0.1) is 5.10 Å². The highest BCUT2D eigenvalue weighted by atomic mass is 35.5. The summed E-state index contributed by atoms with van der Waals surface area (Å²) in [7, 11) is 0. The van der Waals surface area contributed by atoms with Gasteiger partial charge in [0.1, 0.15) is 18.2 Å². The van der Waals surface area contributed by atoms with Crippen molar-refractivity contribution in [2.24, 2.45) is 0 Å². The van der Waals surface area contributed by atoms with Crippen LogP contribution in [0, 0.1) is 25.2 Å². The molecule has 0 aliphatic carbocycles. The van der Waals surface area contributed by atoms with Crippen LogP contribution in [0.25, 0.3) is 0 Å². The van der Waals surface area contributed by atoms with Gasteiger partial charge in [0.05, 0.1) is 5.69 Å². The molecule has 0 amide bonds. The van der Waals surface area contributed by atoms with Crippen LogP contribution in [0.5, 0.6) is 5.88 Å². The van der Waals surface area contributed by atoms with Gasteiger partial charge < -0.3 is 4.74 Å². The largest absolute Gasteiger partial charge is 0.471 e. The lowest BCUT2D eigenvalue weighted by Gasteiger charge is -2.09. The van der Waals surface area contributed by atoms with E-state index in [1.807, 2.05) is 26.0 Å². The second-order valence-electron chi connectivity index (χ2n) is 4.12. The molecule has 0 saturated heterocycles. The van der Waals surface area contributed by atoms with E-state index in [1.165, 1.54) is 0 Å². The Kier molecular flexibility index (Phi) is 3.98. The molecule has 0 unspecified atom stereocenters.